The van der Waals surface area contributed by atoms with Gasteiger partial charge in [0.25, 0.3) is 0 Å². The molecule has 1 aliphatic heterocycles. The lowest BCUT2D eigenvalue weighted by atomic mass is 10.2. The van der Waals surface area contributed by atoms with Crippen molar-refractivity contribution in [2.24, 2.45) is 5.92 Å². The van der Waals surface area contributed by atoms with E-state index in [1.165, 1.54) is 12.8 Å². The summed E-state index contributed by atoms with van der Waals surface area (Å²) in [7, 11) is 0. The van der Waals surface area contributed by atoms with Gasteiger partial charge in [0.15, 0.2) is 0 Å². The van der Waals surface area contributed by atoms with Crippen LogP contribution in [0.5, 0.6) is 0 Å². The van der Waals surface area contributed by atoms with Crippen LogP contribution < -0.4 is 5.32 Å². The van der Waals surface area contributed by atoms with Crippen LogP contribution in [-0.2, 0) is 9.53 Å². The molecule has 2 heterocycles. The molecule has 2 atom stereocenters. The Morgan fingerprint density at radius 2 is 2.38 bits per heavy atom. The summed E-state index contributed by atoms with van der Waals surface area (Å²) in [5, 5.41) is 7.35. The van der Waals surface area contributed by atoms with Crippen LogP contribution in [0.3, 0.4) is 0 Å². The standard InChI is InChI=1S/C15H24N4O2/c1-11-9-18(7-8-21-11)10-15(20)17-14-5-6-16-19(14)12(2)13-3-4-13/h5-6,11-13H,3-4,7-10H2,1-2H3,(H,17,20). The fourth-order valence-corrected chi connectivity index (χ4v) is 2.94. The number of nitrogens with zero attached hydrogens (tertiary/aromatic N) is 3. The fraction of sp³-hybridized carbons (Fsp3) is 0.733. The highest BCUT2D eigenvalue weighted by atomic mass is 16.5. The van der Waals surface area contributed by atoms with Crippen LogP contribution in [0.25, 0.3) is 0 Å². The molecule has 1 saturated carbocycles. The minimum atomic E-state index is 0.0221. The first-order chi connectivity index (χ1) is 10.1. The number of nitrogens with one attached hydrogen (secondary N) is 1. The quantitative estimate of drug-likeness (QED) is 0.894. The van der Waals surface area contributed by atoms with Crippen LogP contribution in [0.15, 0.2) is 12.3 Å². The number of morpholine rings is 1. The van der Waals surface area contributed by atoms with Gasteiger partial charge in [0, 0.05) is 19.2 Å². The second kappa shape index (κ2) is 6.15. The normalized spacial score (nSPS) is 24.8. The maximum atomic E-state index is 12.2. The van der Waals surface area contributed by atoms with E-state index in [1.54, 1.807) is 6.20 Å². The number of anilines is 1. The van der Waals surface area contributed by atoms with Gasteiger partial charge in [-0.1, -0.05) is 0 Å². The molecule has 2 fully saturated rings. The van der Waals surface area contributed by atoms with Crippen molar-refractivity contribution < 1.29 is 9.53 Å². The molecule has 116 valence electrons. The van der Waals surface area contributed by atoms with Gasteiger partial charge >= 0.3 is 0 Å². The Kier molecular flexibility index (Phi) is 4.26. The van der Waals surface area contributed by atoms with Crippen molar-refractivity contribution in [3.63, 3.8) is 0 Å². The van der Waals surface area contributed by atoms with E-state index < -0.39 is 0 Å². The third-order valence-electron chi connectivity index (χ3n) is 4.32. The molecule has 1 aliphatic carbocycles. The first-order valence-electron chi connectivity index (χ1n) is 7.81. The van der Waals surface area contributed by atoms with Gasteiger partial charge in [0.05, 0.1) is 31.5 Å². The molecule has 6 heteroatoms. The van der Waals surface area contributed by atoms with Gasteiger partial charge in [-0.15, -0.1) is 0 Å². The van der Waals surface area contributed by atoms with Gasteiger partial charge in [-0.25, -0.2) is 4.68 Å². The maximum Gasteiger partial charge on any atom is 0.239 e. The fourth-order valence-electron chi connectivity index (χ4n) is 2.94. The number of aromatic nitrogens is 2. The van der Waals surface area contributed by atoms with Crippen molar-refractivity contribution in [1.82, 2.24) is 14.7 Å². The van der Waals surface area contributed by atoms with Gasteiger partial charge in [-0.3, -0.25) is 9.69 Å². The van der Waals surface area contributed by atoms with E-state index in [1.807, 2.05) is 17.7 Å². The molecule has 1 saturated heterocycles. The van der Waals surface area contributed by atoms with Crippen molar-refractivity contribution in [2.45, 2.75) is 38.8 Å². The Bertz CT molecular complexity index is 498. The highest BCUT2D eigenvalue weighted by molar-refractivity contribution is 5.91. The van der Waals surface area contributed by atoms with E-state index in [4.69, 9.17) is 4.74 Å². The first-order valence-corrected chi connectivity index (χ1v) is 7.81. The largest absolute Gasteiger partial charge is 0.376 e. The Labute approximate surface area is 125 Å². The molecule has 3 rings (SSSR count). The van der Waals surface area contributed by atoms with Crippen molar-refractivity contribution in [2.75, 3.05) is 31.6 Å². The molecule has 1 aromatic rings. The van der Waals surface area contributed by atoms with Gasteiger partial charge < -0.3 is 10.1 Å². The average Bonchev–Trinajstić information content (AvgIpc) is 3.19. The summed E-state index contributed by atoms with van der Waals surface area (Å²) in [5.41, 5.74) is 0. The van der Waals surface area contributed by atoms with Crippen molar-refractivity contribution in [3.8, 4) is 0 Å². The van der Waals surface area contributed by atoms with E-state index >= 15 is 0 Å². The molecule has 6 nitrogen and oxygen atoms in total. The number of amides is 1. The van der Waals surface area contributed by atoms with Crippen molar-refractivity contribution in [3.05, 3.63) is 12.3 Å². The summed E-state index contributed by atoms with van der Waals surface area (Å²) in [6.07, 6.45) is 4.48. The van der Waals surface area contributed by atoms with Crippen LogP contribution in [0.4, 0.5) is 5.82 Å². The lowest BCUT2D eigenvalue weighted by molar-refractivity contribution is -0.119. The minimum Gasteiger partial charge on any atom is -0.376 e. The van der Waals surface area contributed by atoms with Crippen LogP contribution in [0.2, 0.25) is 0 Å². The summed E-state index contributed by atoms with van der Waals surface area (Å²) in [6, 6.07) is 2.23. The lowest BCUT2D eigenvalue weighted by Crippen LogP contribution is -2.44. The molecule has 0 radical (unpaired) electrons. The number of hydrogen-bond donors (Lipinski definition) is 1. The zero-order valence-electron chi connectivity index (χ0n) is 12.8. The van der Waals surface area contributed by atoms with E-state index in [0.717, 1.165) is 18.9 Å². The van der Waals surface area contributed by atoms with Gasteiger partial charge in [0.1, 0.15) is 5.82 Å². The van der Waals surface area contributed by atoms with Crippen molar-refractivity contribution >= 4 is 11.7 Å². The number of carbonyl (C=O) groups excluding carboxylic acids is 1. The summed E-state index contributed by atoms with van der Waals surface area (Å²) in [4.78, 5) is 14.3. The van der Waals surface area contributed by atoms with E-state index in [-0.39, 0.29) is 12.0 Å². The molecule has 1 aromatic heterocycles. The predicted molar refractivity (Wildman–Crippen MR) is 80.1 cm³/mol. The minimum absolute atomic E-state index is 0.0221. The third kappa shape index (κ3) is 3.63. The number of rotatable bonds is 5. The Balaban J connectivity index is 1.56. The predicted octanol–water partition coefficient (Wildman–Crippen LogP) is 1.51. The van der Waals surface area contributed by atoms with Crippen LogP contribution in [-0.4, -0.2) is 52.9 Å². The van der Waals surface area contributed by atoms with E-state index in [0.29, 0.717) is 25.1 Å². The zero-order chi connectivity index (χ0) is 14.8. The smallest absolute Gasteiger partial charge is 0.239 e. The summed E-state index contributed by atoms with van der Waals surface area (Å²) in [5.74, 6) is 1.54. The Morgan fingerprint density at radius 1 is 1.57 bits per heavy atom. The summed E-state index contributed by atoms with van der Waals surface area (Å²) >= 11 is 0. The van der Waals surface area contributed by atoms with Crippen LogP contribution in [0, 0.1) is 5.92 Å². The molecule has 0 spiro atoms. The molecule has 0 bridgehead atoms. The molecule has 21 heavy (non-hydrogen) atoms. The van der Waals surface area contributed by atoms with Gasteiger partial charge in [0.2, 0.25) is 5.91 Å². The number of ether oxygens (including phenoxy) is 1. The zero-order valence-corrected chi connectivity index (χ0v) is 12.8. The summed E-state index contributed by atoms with van der Waals surface area (Å²) < 4.78 is 7.43. The van der Waals surface area contributed by atoms with Gasteiger partial charge in [-0.05, 0) is 32.6 Å². The highest BCUT2D eigenvalue weighted by Crippen LogP contribution is 2.40. The molecule has 1 amide bonds. The van der Waals surface area contributed by atoms with Crippen LogP contribution in [0.1, 0.15) is 32.7 Å². The van der Waals surface area contributed by atoms with E-state index in [9.17, 15) is 4.79 Å². The summed E-state index contributed by atoms with van der Waals surface area (Å²) in [6.45, 7) is 6.95. The molecule has 2 aliphatic rings. The van der Waals surface area contributed by atoms with Crippen LogP contribution >= 0.6 is 0 Å². The highest BCUT2D eigenvalue weighted by Gasteiger charge is 2.31. The average molecular weight is 292 g/mol. The molecular weight excluding hydrogens is 268 g/mol. The number of hydrogen-bond acceptors (Lipinski definition) is 4. The lowest BCUT2D eigenvalue weighted by Gasteiger charge is -2.30. The maximum absolute atomic E-state index is 12.2. The van der Waals surface area contributed by atoms with Gasteiger partial charge in [-0.2, -0.15) is 5.10 Å². The topological polar surface area (TPSA) is 59.4 Å². The third-order valence-corrected chi connectivity index (χ3v) is 4.32. The second-order valence-corrected chi connectivity index (χ2v) is 6.20. The van der Waals surface area contributed by atoms with E-state index in [2.05, 4.69) is 22.2 Å². The SMILES string of the molecule is CC1CN(CC(=O)Nc2ccnn2C(C)C2CC2)CCO1. The molecule has 2 unspecified atom stereocenters. The Morgan fingerprint density at radius 3 is 3.10 bits per heavy atom. The second-order valence-electron chi connectivity index (χ2n) is 6.20. The van der Waals surface area contributed by atoms with Crippen molar-refractivity contribution in [1.29, 1.82) is 0 Å². The molecular formula is C15H24N4O2. The number of carbonyl (C=O) groups is 1. The Hall–Kier alpha value is -1.40. The first kappa shape index (κ1) is 14.5. The monoisotopic (exact) mass is 292 g/mol. The molecule has 0 aromatic carbocycles. The molecule has 1 N–H and O–H groups in total.